The summed E-state index contributed by atoms with van der Waals surface area (Å²) in [6, 6.07) is 4.91. The number of imide groups is 1. The fourth-order valence-corrected chi connectivity index (χ4v) is 4.36. The fraction of sp³-hybridized carbons (Fsp3) is 0.524. The van der Waals surface area contributed by atoms with E-state index in [0.717, 1.165) is 37.1 Å². The summed E-state index contributed by atoms with van der Waals surface area (Å²) in [6.45, 7) is 2.71. The number of hydrogen-bond acceptors (Lipinski definition) is 5. The first-order valence-electron chi connectivity index (χ1n) is 10.2. The van der Waals surface area contributed by atoms with Gasteiger partial charge in [-0.2, -0.15) is 0 Å². The highest BCUT2D eigenvalue weighted by Crippen LogP contribution is 2.28. The van der Waals surface area contributed by atoms with Gasteiger partial charge in [0.05, 0.1) is 0 Å². The summed E-state index contributed by atoms with van der Waals surface area (Å²) in [5.41, 5.74) is 2.37. The molecule has 1 unspecified atom stereocenters. The number of rotatable bonds is 5. The van der Waals surface area contributed by atoms with Gasteiger partial charge in [-0.3, -0.25) is 24.5 Å². The molecular formula is C21H26N4O4. The minimum atomic E-state index is -0.610. The second-order valence-corrected chi connectivity index (χ2v) is 8.07. The highest BCUT2D eigenvalue weighted by Gasteiger charge is 2.39. The molecule has 154 valence electrons. The van der Waals surface area contributed by atoms with E-state index in [1.807, 2.05) is 12.1 Å². The van der Waals surface area contributed by atoms with Crippen molar-refractivity contribution in [1.29, 1.82) is 0 Å². The molecule has 2 fully saturated rings. The maximum Gasteiger partial charge on any atom is 0.255 e. The van der Waals surface area contributed by atoms with Crippen LogP contribution in [0.25, 0.3) is 0 Å². The normalized spacial score (nSPS) is 22.4. The van der Waals surface area contributed by atoms with E-state index in [1.165, 1.54) is 4.90 Å². The molecule has 3 N–H and O–H groups in total. The zero-order valence-corrected chi connectivity index (χ0v) is 16.3. The van der Waals surface area contributed by atoms with E-state index in [-0.39, 0.29) is 24.1 Å². The van der Waals surface area contributed by atoms with Crippen LogP contribution in [0.15, 0.2) is 18.2 Å². The number of nitrogens with zero attached hydrogens (tertiary/aromatic N) is 1. The van der Waals surface area contributed by atoms with E-state index in [9.17, 15) is 19.2 Å². The predicted octanol–water partition coefficient (Wildman–Crippen LogP) is 0.454. The Kier molecular flexibility index (Phi) is 5.62. The van der Waals surface area contributed by atoms with Gasteiger partial charge in [0.25, 0.3) is 5.91 Å². The van der Waals surface area contributed by atoms with E-state index >= 15 is 0 Å². The van der Waals surface area contributed by atoms with Gasteiger partial charge in [0, 0.05) is 31.5 Å². The lowest BCUT2D eigenvalue weighted by Crippen LogP contribution is -2.52. The van der Waals surface area contributed by atoms with E-state index in [4.69, 9.17) is 0 Å². The summed E-state index contributed by atoms with van der Waals surface area (Å²) in [7, 11) is 0. The van der Waals surface area contributed by atoms with E-state index < -0.39 is 11.9 Å². The quantitative estimate of drug-likeness (QED) is 0.625. The highest BCUT2D eigenvalue weighted by molar-refractivity contribution is 6.05. The van der Waals surface area contributed by atoms with Crippen LogP contribution in [0.4, 0.5) is 0 Å². The van der Waals surface area contributed by atoms with Gasteiger partial charge >= 0.3 is 0 Å². The molecule has 1 aromatic carbocycles. The van der Waals surface area contributed by atoms with Gasteiger partial charge in [-0.1, -0.05) is 12.1 Å². The first kappa shape index (κ1) is 19.6. The van der Waals surface area contributed by atoms with E-state index in [2.05, 4.69) is 16.0 Å². The van der Waals surface area contributed by atoms with Crippen LogP contribution in [-0.4, -0.2) is 47.7 Å². The molecule has 0 aromatic heterocycles. The fourth-order valence-electron chi connectivity index (χ4n) is 4.36. The Labute approximate surface area is 169 Å². The van der Waals surface area contributed by atoms with Crippen LogP contribution in [0.2, 0.25) is 0 Å². The predicted molar refractivity (Wildman–Crippen MR) is 105 cm³/mol. The summed E-state index contributed by atoms with van der Waals surface area (Å²) in [6.07, 6.45) is 3.21. The Bertz CT molecular complexity index is 847. The number of fused-ring (bicyclic) bond motifs is 1. The average molecular weight is 398 g/mol. The Hall–Kier alpha value is -2.74. The van der Waals surface area contributed by atoms with Crippen molar-refractivity contribution in [2.24, 2.45) is 5.92 Å². The third-order valence-electron chi connectivity index (χ3n) is 6.01. The van der Waals surface area contributed by atoms with Crippen molar-refractivity contribution in [3.05, 3.63) is 34.9 Å². The molecule has 0 saturated carbocycles. The molecule has 3 aliphatic rings. The summed E-state index contributed by atoms with van der Waals surface area (Å²) in [5.74, 6) is -0.392. The van der Waals surface area contributed by atoms with Crippen LogP contribution in [0.3, 0.4) is 0 Å². The number of carbonyl (C=O) groups excluding carboxylic acids is 4. The molecule has 1 aromatic rings. The summed E-state index contributed by atoms with van der Waals surface area (Å²) in [5, 5.41) is 8.58. The lowest BCUT2D eigenvalue weighted by molar-refractivity contribution is -0.137. The van der Waals surface area contributed by atoms with Gasteiger partial charge in [-0.05, 0) is 55.5 Å². The molecule has 2 saturated heterocycles. The molecule has 4 amide bonds. The second-order valence-electron chi connectivity index (χ2n) is 8.07. The van der Waals surface area contributed by atoms with Crippen molar-refractivity contribution >= 4 is 23.6 Å². The van der Waals surface area contributed by atoms with Gasteiger partial charge in [0.15, 0.2) is 0 Å². The van der Waals surface area contributed by atoms with Gasteiger partial charge < -0.3 is 15.5 Å². The Balaban J connectivity index is 1.35. The van der Waals surface area contributed by atoms with Gasteiger partial charge in [-0.25, -0.2) is 0 Å². The molecule has 8 heteroatoms. The molecule has 4 rings (SSSR count). The standard InChI is InChI=1S/C21H26N4O4/c26-18-4-3-17(20(28)24-18)25-12-15-9-14(1-2-16(15)21(25)29)11-23-19(27)10-13-5-7-22-8-6-13/h1-2,9,13,17,22H,3-8,10-12H2,(H,23,27)(H,24,26,28). The van der Waals surface area contributed by atoms with E-state index in [1.54, 1.807) is 6.07 Å². The maximum atomic E-state index is 12.7. The second kappa shape index (κ2) is 8.32. The van der Waals surface area contributed by atoms with Crippen molar-refractivity contribution in [2.75, 3.05) is 13.1 Å². The summed E-state index contributed by atoms with van der Waals surface area (Å²) < 4.78 is 0. The Morgan fingerprint density at radius 2 is 1.93 bits per heavy atom. The Morgan fingerprint density at radius 1 is 1.14 bits per heavy atom. The van der Waals surface area contributed by atoms with E-state index in [0.29, 0.717) is 37.4 Å². The van der Waals surface area contributed by atoms with Crippen LogP contribution in [-0.2, 0) is 27.5 Å². The molecule has 0 radical (unpaired) electrons. The van der Waals surface area contributed by atoms with Crippen LogP contribution in [0.1, 0.15) is 53.6 Å². The van der Waals surface area contributed by atoms with Crippen LogP contribution in [0, 0.1) is 5.92 Å². The first-order chi connectivity index (χ1) is 14.0. The maximum absolute atomic E-state index is 12.7. The van der Waals surface area contributed by atoms with Crippen LogP contribution < -0.4 is 16.0 Å². The van der Waals surface area contributed by atoms with Crippen molar-refractivity contribution < 1.29 is 19.2 Å². The molecule has 0 bridgehead atoms. The Morgan fingerprint density at radius 3 is 2.69 bits per heavy atom. The minimum Gasteiger partial charge on any atom is -0.352 e. The smallest absolute Gasteiger partial charge is 0.255 e. The third-order valence-corrected chi connectivity index (χ3v) is 6.01. The van der Waals surface area contributed by atoms with Gasteiger partial charge in [0.2, 0.25) is 17.7 Å². The van der Waals surface area contributed by atoms with Crippen molar-refractivity contribution in [2.45, 2.75) is 51.2 Å². The number of hydrogen-bond donors (Lipinski definition) is 3. The zero-order chi connectivity index (χ0) is 20.4. The van der Waals surface area contributed by atoms with Gasteiger partial charge in [0.1, 0.15) is 6.04 Å². The minimum absolute atomic E-state index is 0.0543. The third kappa shape index (κ3) is 4.32. The molecule has 0 spiro atoms. The number of amides is 4. The monoisotopic (exact) mass is 398 g/mol. The lowest BCUT2D eigenvalue weighted by atomic mass is 9.94. The van der Waals surface area contributed by atoms with Crippen molar-refractivity contribution in [3.8, 4) is 0 Å². The van der Waals surface area contributed by atoms with Crippen molar-refractivity contribution in [1.82, 2.24) is 20.9 Å². The molecule has 29 heavy (non-hydrogen) atoms. The molecule has 3 aliphatic heterocycles. The van der Waals surface area contributed by atoms with Crippen molar-refractivity contribution in [3.63, 3.8) is 0 Å². The topological polar surface area (TPSA) is 108 Å². The average Bonchev–Trinajstić information content (AvgIpc) is 3.03. The van der Waals surface area contributed by atoms with Crippen LogP contribution in [0.5, 0.6) is 0 Å². The summed E-state index contributed by atoms with van der Waals surface area (Å²) in [4.78, 5) is 49.9. The SMILES string of the molecule is O=C(CC1CCNCC1)NCc1ccc2c(c1)CN(C1CCC(=O)NC1=O)C2=O. The molecule has 8 nitrogen and oxygen atoms in total. The number of piperidine rings is 2. The number of nitrogens with one attached hydrogen (secondary N) is 3. The molecule has 3 heterocycles. The largest absolute Gasteiger partial charge is 0.352 e. The molecular weight excluding hydrogens is 372 g/mol. The number of carbonyl (C=O) groups is 4. The first-order valence-corrected chi connectivity index (χ1v) is 10.2. The molecule has 1 atom stereocenters. The lowest BCUT2D eigenvalue weighted by Gasteiger charge is -2.29. The summed E-state index contributed by atoms with van der Waals surface area (Å²) >= 11 is 0. The number of benzene rings is 1. The zero-order valence-electron chi connectivity index (χ0n) is 16.3. The highest BCUT2D eigenvalue weighted by atomic mass is 16.2. The van der Waals surface area contributed by atoms with Gasteiger partial charge in [-0.15, -0.1) is 0 Å². The molecule has 0 aliphatic carbocycles. The van der Waals surface area contributed by atoms with Crippen LogP contribution >= 0.6 is 0 Å².